The molecule has 21 heavy (non-hydrogen) atoms. The SMILES string of the molecule is CC(C)c1nc2ccc(C(=O)NCC3CCCO3)cc2[nH]1. The predicted octanol–water partition coefficient (Wildman–Crippen LogP) is 2.60. The van der Waals surface area contributed by atoms with Crippen LogP contribution < -0.4 is 5.32 Å². The Kier molecular flexibility index (Phi) is 3.92. The lowest BCUT2D eigenvalue weighted by atomic mass is 10.2. The van der Waals surface area contributed by atoms with Crippen molar-refractivity contribution in [2.75, 3.05) is 13.2 Å². The average Bonchev–Trinajstić information content (AvgIpc) is 3.12. The minimum atomic E-state index is -0.0619. The number of benzene rings is 1. The Morgan fingerprint density at radius 3 is 3.10 bits per heavy atom. The molecule has 3 rings (SSSR count). The molecule has 0 saturated carbocycles. The van der Waals surface area contributed by atoms with Crippen molar-refractivity contribution < 1.29 is 9.53 Å². The number of H-pyrrole nitrogens is 1. The number of amides is 1. The van der Waals surface area contributed by atoms with Gasteiger partial charge in [0.1, 0.15) is 5.82 Å². The van der Waals surface area contributed by atoms with Crippen molar-refractivity contribution in [1.29, 1.82) is 0 Å². The molecule has 0 bridgehead atoms. The zero-order valence-electron chi connectivity index (χ0n) is 12.5. The van der Waals surface area contributed by atoms with E-state index in [4.69, 9.17) is 4.74 Å². The topological polar surface area (TPSA) is 67.0 Å². The molecule has 5 heteroatoms. The second kappa shape index (κ2) is 5.85. The summed E-state index contributed by atoms with van der Waals surface area (Å²) in [5.74, 6) is 1.23. The van der Waals surface area contributed by atoms with Gasteiger partial charge in [0.25, 0.3) is 5.91 Å². The monoisotopic (exact) mass is 287 g/mol. The summed E-state index contributed by atoms with van der Waals surface area (Å²) in [4.78, 5) is 20.0. The number of carbonyl (C=O) groups is 1. The van der Waals surface area contributed by atoms with Gasteiger partial charge in [-0.3, -0.25) is 4.79 Å². The van der Waals surface area contributed by atoms with Crippen LogP contribution in [0.2, 0.25) is 0 Å². The Labute approximate surface area is 124 Å². The maximum atomic E-state index is 12.2. The van der Waals surface area contributed by atoms with Gasteiger partial charge in [-0.2, -0.15) is 0 Å². The Morgan fingerprint density at radius 2 is 2.38 bits per heavy atom. The van der Waals surface area contributed by atoms with Gasteiger partial charge in [-0.15, -0.1) is 0 Å². The quantitative estimate of drug-likeness (QED) is 0.908. The summed E-state index contributed by atoms with van der Waals surface area (Å²) in [6, 6.07) is 5.57. The molecule has 5 nitrogen and oxygen atoms in total. The van der Waals surface area contributed by atoms with Crippen molar-refractivity contribution in [3.63, 3.8) is 0 Å². The first-order valence-electron chi connectivity index (χ1n) is 7.53. The van der Waals surface area contributed by atoms with Crippen LogP contribution in [-0.4, -0.2) is 35.1 Å². The van der Waals surface area contributed by atoms with Crippen LogP contribution in [-0.2, 0) is 4.74 Å². The van der Waals surface area contributed by atoms with Crippen LogP contribution in [0.25, 0.3) is 11.0 Å². The lowest BCUT2D eigenvalue weighted by Crippen LogP contribution is -2.31. The fraction of sp³-hybridized carbons (Fsp3) is 0.500. The van der Waals surface area contributed by atoms with Gasteiger partial charge in [-0.1, -0.05) is 13.8 Å². The lowest BCUT2D eigenvalue weighted by Gasteiger charge is -2.10. The molecule has 1 saturated heterocycles. The molecule has 1 aliphatic heterocycles. The third-order valence-corrected chi connectivity index (χ3v) is 3.82. The van der Waals surface area contributed by atoms with Crippen LogP contribution in [0.5, 0.6) is 0 Å². The first kappa shape index (κ1) is 14.1. The van der Waals surface area contributed by atoms with Crippen molar-refractivity contribution in [1.82, 2.24) is 15.3 Å². The highest BCUT2D eigenvalue weighted by molar-refractivity contribution is 5.97. The van der Waals surface area contributed by atoms with E-state index >= 15 is 0 Å². The van der Waals surface area contributed by atoms with E-state index in [9.17, 15) is 4.79 Å². The van der Waals surface area contributed by atoms with Crippen LogP contribution in [0.15, 0.2) is 18.2 Å². The third-order valence-electron chi connectivity index (χ3n) is 3.82. The Morgan fingerprint density at radius 1 is 1.52 bits per heavy atom. The first-order chi connectivity index (χ1) is 10.1. The molecule has 0 aliphatic carbocycles. The van der Waals surface area contributed by atoms with E-state index in [2.05, 4.69) is 29.1 Å². The molecule has 1 aliphatic rings. The van der Waals surface area contributed by atoms with Crippen molar-refractivity contribution in [2.24, 2.45) is 0 Å². The number of nitrogens with zero attached hydrogens (tertiary/aromatic N) is 1. The number of carbonyl (C=O) groups excluding carboxylic acids is 1. The number of hydrogen-bond acceptors (Lipinski definition) is 3. The van der Waals surface area contributed by atoms with E-state index in [1.54, 1.807) is 0 Å². The van der Waals surface area contributed by atoms with Gasteiger partial charge in [0.2, 0.25) is 0 Å². The molecule has 1 atom stereocenters. The summed E-state index contributed by atoms with van der Waals surface area (Å²) in [6.07, 6.45) is 2.27. The van der Waals surface area contributed by atoms with Gasteiger partial charge in [0, 0.05) is 24.6 Å². The highest BCUT2D eigenvalue weighted by atomic mass is 16.5. The number of rotatable bonds is 4. The van der Waals surface area contributed by atoms with Gasteiger partial charge >= 0.3 is 0 Å². The van der Waals surface area contributed by atoms with Crippen molar-refractivity contribution in [3.05, 3.63) is 29.6 Å². The number of aromatic nitrogens is 2. The van der Waals surface area contributed by atoms with Crippen LogP contribution in [0.4, 0.5) is 0 Å². The van der Waals surface area contributed by atoms with Crippen LogP contribution in [0, 0.1) is 0 Å². The van der Waals surface area contributed by atoms with E-state index in [1.165, 1.54) is 0 Å². The molecule has 0 spiro atoms. The zero-order valence-corrected chi connectivity index (χ0v) is 12.5. The third kappa shape index (κ3) is 3.08. The molecular weight excluding hydrogens is 266 g/mol. The minimum absolute atomic E-state index is 0.0619. The van der Waals surface area contributed by atoms with E-state index in [0.717, 1.165) is 36.3 Å². The van der Waals surface area contributed by atoms with E-state index in [0.29, 0.717) is 18.0 Å². The minimum Gasteiger partial charge on any atom is -0.376 e. The van der Waals surface area contributed by atoms with Crippen LogP contribution >= 0.6 is 0 Å². The molecule has 1 aromatic heterocycles. The van der Waals surface area contributed by atoms with Crippen LogP contribution in [0.3, 0.4) is 0 Å². The van der Waals surface area contributed by atoms with Gasteiger partial charge in [0.15, 0.2) is 0 Å². The van der Waals surface area contributed by atoms with E-state index < -0.39 is 0 Å². The van der Waals surface area contributed by atoms with Crippen LogP contribution in [0.1, 0.15) is 48.8 Å². The Bertz CT molecular complexity index is 642. The summed E-state index contributed by atoms with van der Waals surface area (Å²) in [6.45, 7) is 5.57. The maximum Gasteiger partial charge on any atom is 0.251 e. The predicted molar refractivity (Wildman–Crippen MR) is 81.5 cm³/mol. The summed E-state index contributed by atoms with van der Waals surface area (Å²) >= 11 is 0. The molecule has 2 N–H and O–H groups in total. The molecule has 1 amide bonds. The Hall–Kier alpha value is -1.88. The molecule has 1 aromatic carbocycles. The standard InChI is InChI=1S/C16H21N3O2/c1-10(2)15-18-13-6-5-11(8-14(13)19-15)16(20)17-9-12-4-3-7-21-12/h5-6,8,10,12H,3-4,7,9H2,1-2H3,(H,17,20)(H,18,19). The molecule has 1 fully saturated rings. The number of hydrogen-bond donors (Lipinski definition) is 2. The summed E-state index contributed by atoms with van der Waals surface area (Å²) in [5.41, 5.74) is 2.46. The van der Waals surface area contributed by atoms with Crippen molar-refractivity contribution in [3.8, 4) is 0 Å². The molecule has 0 radical (unpaired) electrons. The summed E-state index contributed by atoms with van der Waals surface area (Å²) in [5, 5.41) is 2.94. The summed E-state index contributed by atoms with van der Waals surface area (Å²) in [7, 11) is 0. The second-order valence-corrected chi connectivity index (χ2v) is 5.85. The van der Waals surface area contributed by atoms with Gasteiger partial charge in [-0.05, 0) is 31.0 Å². The van der Waals surface area contributed by atoms with Gasteiger partial charge < -0.3 is 15.0 Å². The fourth-order valence-electron chi connectivity index (χ4n) is 2.56. The largest absolute Gasteiger partial charge is 0.376 e. The average molecular weight is 287 g/mol. The van der Waals surface area contributed by atoms with Crippen molar-refractivity contribution >= 4 is 16.9 Å². The van der Waals surface area contributed by atoms with Gasteiger partial charge in [0.05, 0.1) is 17.1 Å². The summed E-state index contributed by atoms with van der Waals surface area (Å²) < 4.78 is 5.51. The maximum absolute atomic E-state index is 12.2. The molecule has 112 valence electrons. The fourth-order valence-corrected chi connectivity index (χ4v) is 2.56. The first-order valence-corrected chi connectivity index (χ1v) is 7.53. The van der Waals surface area contributed by atoms with Gasteiger partial charge in [-0.25, -0.2) is 4.98 Å². The zero-order chi connectivity index (χ0) is 14.8. The molecular formula is C16H21N3O2. The highest BCUT2D eigenvalue weighted by Gasteiger charge is 2.17. The lowest BCUT2D eigenvalue weighted by molar-refractivity contribution is 0.0858. The van der Waals surface area contributed by atoms with E-state index in [-0.39, 0.29) is 12.0 Å². The highest BCUT2D eigenvalue weighted by Crippen LogP contribution is 2.18. The molecule has 2 aromatic rings. The Balaban J connectivity index is 1.71. The number of aromatic amines is 1. The smallest absolute Gasteiger partial charge is 0.251 e. The normalized spacial score (nSPS) is 18.5. The van der Waals surface area contributed by atoms with E-state index in [1.807, 2.05) is 18.2 Å². The number of ether oxygens (including phenoxy) is 1. The molecule has 2 heterocycles. The molecule has 1 unspecified atom stereocenters. The number of nitrogens with one attached hydrogen (secondary N) is 2. The second-order valence-electron chi connectivity index (χ2n) is 5.85. The number of imidazole rings is 1. The number of fused-ring (bicyclic) bond motifs is 1. The van der Waals surface area contributed by atoms with Crippen molar-refractivity contribution in [2.45, 2.75) is 38.7 Å².